The van der Waals surface area contributed by atoms with Crippen molar-refractivity contribution >= 4 is 23.2 Å². The van der Waals surface area contributed by atoms with Crippen LogP contribution in [0.1, 0.15) is 13.3 Å². The van der Waals surface area contributed by atoms with Crippen molar-refractivity contribution < 1.29 is 5.11 Å². The number of alkyl halides is 2. The molecule has 0 fully saturated rings. The third-order valence-corrected chi connectivity index (χ3v) is 0.876. The summed E-state index contributed by atoms with van der Waals surface area (Å²) < 4.78 is 0. The van der Waals surface area contributed by atoms with Crippen molar-refractivity contribution in [1.82, 2.24) is 0 Å². The van der Waals surface area contributed by atoms with Crippen LogP contribution in [0.3, 0.4) is 0 Å². The number of hydrogen-bond donors (Lipinski definition) is 1. The second kappa shape index (κ2) is 3.53. The topological polar surface area (TPSA) is 20.2 Å². The molecule has 0 saturated carbocycles. The van der Waals surface area contributed by atoms with Gasteiger partial charge in [-0.2, -0.15) is 0 Å². The summed E-state index contributed by atoms with van der Waals surface area (Å²) in [6.45, 7) is 1.65. The maximum absolute atomic E-state index is 8.55. The van der Waals surface area contributed by atoms with E-state index < -0.39 is 4.84 Å². The normalized spacial score (nSPS) is 15.0. The van der Waals surface area contributed by atoms with Crippen LogP contribution in [0.2, 0.25) is 0 Å². The molecule has 0 aliphatic rings. The van der Waals surface area contributed by atoms with E-state index in [1.54, 1.807) is 6.92 Å². The van der Waals surface area contributed by atoms with Gasteiger partial charge in [0.1, 0.15) is 4.84 Å². The Balaban J connectivity index is 2.95. The Kier molecular flexibility index (Phi) is 3.80. The van der Waals surface area contributed by atoms with E-state index in [-0.39, 0.29) is 6.10 Å². The molecule has 0 aromatic heterocycles. The Morgan fingerprint density at radius 1 is 1.57 bits per heavy atom. The molecule has 0 amide bonds. The Bertz CT molecular complexity index is 39.0. The lowest BCUT2D eigenvalue weighted by Crippen LogP contribution is -2.03. The van der Waals surface area contributed by atoms with E-state index in [1.807, 2.05) is 0 Å². The fourth-order valence-electron chi connectivity index (χ4n) is 0.258. The number of rotatable bonds is 2. The molecule has 7 heavy (non-hydrogen) atoms. The van der Waals surface area contributed by atoms with Crippen molar-refractivity contribution in [3.8, 4) is 0 Å². The number of aliphatic hydroxyl groups excluding tert-OH is 1. The molecule has 3 heteroatoms. The number of hydrogen-bond acceptors (Lipinski definition) is 1. The van der Waals surface area contributed by atoms with Crippen LogP contribution in [-0.2, 0) is 0 Å². The maximum Gasteiger partial charge on any atom is 0.110 e. The summed E-state index contributed by atoms with van der Waals surface area (Å²) in [5.74, 6) is 0. The highest BCUT2D eigenvalue weighted by atomic mass is 35.5. The number of halogens is 2. The van der Waals surface area contributed by atoms with Crippen molar-refractivity contribution in [1.29, 1.82) is 0 Å². The zero-order valence-electron chi connectivity index (χ0n) is 4.06. The van der Waals surface area contributed by atoms with E-state index in [2.05, 4.69) is 0 Å². The van der Waals surface area contributed by atoms with Crippen molar-refractivity contribution in [3.05, 3.63) is 0 Å². The van der Waals surface area contributed by atoms with Crippen LogP contribution in [0.5, 0.6) is 0 Å². The van der Waals surface area contributed by atoms with Gasteiger partial charge in [-0.05, 0) is 6.92 Å². The molecule has 0 radical (unpaired) electrons. The molecule has 1 nitrogen and oxygen atoms in total. The Morgan fingerprint density at radius 2 is 2.00 bits per heavy atom. The van der Waals surface area contributed by atoms with Gasteiger partial charge in [0, 0.05) is 6.42 Å². The SMILES string of the molecule is CC(O)CC(Cl)Cl. The molecule has 0 aliphatic heterocycles. The zero-order chi connectivity index (χ0) is 5.86. The summed E-state index contributed by atoms with van der Waals surface area (Å²) in [6.07, 6.45) is 0.0586. The van der Waals surface area contributed by atoms with Gasteiger partial charge in [0.05, 0.1) is 6.10 Å². The molecular formula is C4H8Cl2O. The van der Waals surface area contributed by atoms with Gasteiger partial charge in [0.25, 0.3) is 0 Å². The molecule has 0 aromatic carbocycles. The maximum atomic E-state index is 8.55. The van der Waals surface area contributed by atoms with E-state index in [1.165, 1.54) is 0 Å². The van der Waals surface area contributed by atoms with Gasteiger partial charge in [0.15, 0.2) is 0 Å². The standard InChI is InChI=1S/C4H8Cl2O/c1-3(7)2-4(5)6/h3-4,7H,2H2,1H3. The van der Waals surface area contributed by atoms with Gasteiger partial charge in [-0.1, -0.05) is 0 Å². The van der Waals surface area contributed by atoms with Crippen molar-refractivity contribution in [2.75, 3.05) is 0 Å². The molecule has 0 saturated heterocycles. The summed E-state index contributed by atoms with van der Waals surface area (Å²) >= 11 is 10.6. The van der Waals surface area contributed by atoms with Crippen molar-refractivity contribution in [2.45, 2.75) is 24.3 Å². The van der Waals surface area contributed by atoms with Crippen LogP contribution in [0.25, 0.3) is 0 Å². The van der Waals surface area contributed by atoms with Gasteiger partial charge < -0.3 is 5.11 Å². The van der Waals surface area contributed by atoms with E-state index in [0.717, 1.165) is 0 Å². The average Bonchev–Trinajstić information content (AvgIpc) is 1.27. The summed E-state index contributed by atoms with van der Waals surface area (Å²) in [6, 6.07) is 0. The third kappa shape index (κ3) is 6.54. The summed E-state index contributed by atoms with van der Waals surface area (Å²) in [5, 5.41) is 8.55. The van der Waals surface area contributed by atoms with Crippen LogP contribution in [0.15, 0.2) is 0 Å². The molecule has 0 spiro atoms. The molecule has 0 rings (SSSR count). The highest BCUT2D eigenvalue weighted by Gasteiger charge is 2.01. The molecule has 0 aromatic rings. The first-order valence-electron chi connectivity index (χ1n) is 2.09. The first-order valence-corrected chi connectivity index (χ1v) is 2.96. The quantitative estimate of drug-likeness (QED) is 0.581. The molecule has 0 heterocycles. The number of aliphatic hydroxyl groups is 1. The van der Waals surface area contributed by atoms with Crippen LogP contribution < -0.4 is 0 Å². The predicted molar refractivity (Wildman–Crippen MR) is 31.8 cm³/mol. The smallest absolute Gasteiger partial charge is 0.110 e. The summed E-state index contributed by atoms with van der Waals surface area (Å²) in [4.78, 5) is -0.431. The van der Waals surface area contributed by atoms with Gasteiger partial charge >= 0.3 is 0 Å². The molecule has 0 bridgehead atoms. The summed E-state index contributed by atoms with van der Waals surface area (Å²) in [5.41, 5.74) is 0. The minimum Gasteiger partial charge on any atom is -0.393 e. The van der Waals surface area contributed by atoms with Crippen LogP contribution >= 0.6 is 23.2 Å². The molecule has 0 aliphatic carbocycles. The Morgan fingerprint density at radius 3 is 2.00 bits per heavy atom. The molecule has 1 atom stereocenters. The van der Waals surface area contributed by atoms with E-state index in [0.29, 0.717) is 6.42 Å². The summed E-state index contributed by atoms with van der Waals surface area (Å²) in [7, 11) is 0. The lowest BCUT2D eigenvalue weighted by atomic mass is 10.3. The Hall–Kier alpha value is 0.540. The van der Waals surface area contributed by atoms with Gasteiger partial charge in [-0.25, -0.2) is 0 Å². The van der Waals surface area contributed by atoms with Gasteiger partial charge in [0.2, 0.25) is 0 Å². The molecule has 44 valence electrons. The molecule has 1 unspecified atom stereocenters. The minimum absolute atomic E-state index is 0.389. The van der Waals surface area contributed by atoms with Crippen molar-refractivity contribution in [2.24, 2.45) is 0 Å². The first kappa shape index (κ1) is 7.54. The van der Waals surface area contributed by atoms with E-state index in [4.69, 9.17) is 28.3 Å². The molecular weight excluding hydrogens is 135 g/mol. The fourth-order valence-corrected chi connectivity index (χ4v) is 0.774. The van der Waals surface area contributed by atoms with E-state index in [9.17, 15) is 0 Å². The molecule has 1 N–H and O–H groups in total. The van der Waals surface area contributed by atoms with Crippen LogP contribution in [-0.4, -0.2) is 16.0 Å². The van der Waals surface area contributed by atoms with Gasteiger partial charge in [-0.15, -0.1) is 23.2 Å². The second-order valence-electron chi connectivity index (χ2n) is 1.48. The lowest BCUT2D eigenvalue weighted by Gasteiger charge is -2.01. The minimum atomic E-state index is -0.431. The highest BCUT2D eigenvalue weighted by Crippen LogP contribution is 2.08. The van der Waals surface area contributed by atoms with Crippen molar-refractivity contribution in [3.63, 3.8) is 0 Å². The van der Waals surface area contributed by atoms with E-state index >= 15 is 0 Å². The Labute approximate surface area is 53.2 Å². The lowest BCUT2D eigenvalue weighted by molar-refractivity contribution is 0.189. The average molecular weight is 143 g/mol. The van der Waals surface area contributed by atoms with Crippen LogP contribution in [0, 0.1) is 0 Å². The highest BCUT2D eigenvalue weighted by molar-refractivity contribution is 6.44. The zero-order valence-corrected chi connectivity index (χ0v) is 5.58. The van der Waals surface area contributed by atoms with Crippen LogP contribution in [0.4, 0.5) is 0 Å². The van der Waals surface area contributed by atoms with Gasteiger partial charge in [-0.3, -0.25) is 0 Å². The second-order valence-corrected chi connectivity index (χ2v) is 2.75. The fraction of sp³-hybridized carbons (Fsp3) is 1.00. The predicted octanol–water partition coefficient (Wildman–Crippen LogP) is 1.56. The monoisotopic (exact) mass is 142 g/mol. The first-order chi connectivity index (χ1) is 3.13. The largest absolute Gasteiger partial charge is 0.393 e. The third-order valence-electron chi connectivity index (χ3n) is 0.519.